The van der Waals surface area contributed by atoms with E-state index in [0.29, 0.717) is 35.7 Å². The SMILES string of the molecule is COc1cc2c(c(OC)c1OC)-c1ccc(OC)c(=O)cc1[C@@H](NC(C)=O)CC2.O=C(O)C(=O)O. The molecule has 188 valence electrons. The lowest BCUT2D eigenvalue weighted by molar-refractivity contribution is -0.159. The van der Waals surface area contributed by atoms with E-state index in [1.165, 1.54) is 20.1 Å². The number of nitrogens with one attached hydrogen (secondary N) is 1. The van der Waals surface area contributed by atoms with Crippen molar-refractivity contribution in [2.45, 2.75) is 25.8 Å². The maximum atomic E-state index is 12.6. The van der Waals surface area contributed by atoms with Crippen molar-refractivity contribution >= 4 is 17.8 Å². The van der Waals surface area contributed by atoms with Crippen molar-refractivity contribution in [2.75, 3.05) is 28.4 Å². The highest BCUT2D eigenvalue weighted by molar-refractivity contribution is 6.27. The van der Waals surface area contributed by atoms with Crippen LogP contribution in [0, 0.1) is 0 Å². The van der Waals surface area contributed by atoms with E-state index in [0.717, 1.165) is 16.7 Å². The average Bonchev–Trinajstić information content (AvgIpc) is 3.06. The maximum Gasteiger partial charge on any atom is 0.414 e. The monoisotopic (exact) mass is 489 g/mol. The number of fused-ring (bicyclic) bond motifs is 3. The molecule has 11 nitrogen and oxygen atoms in total. The van der Waals surface area contributed by atoms with Crippen molar-refractivity contribution in [2.24, 2.45) is 0 Å². The number of ether oxygens (including phenoxy) is 4. The summed E-state index contributed by atoms with van der Waals surface area (Å²) in [4.78, 5) is 42.7. The van der Waals surface area contributed by atoms with Crippen LogP contribution in [0.15, 0.2) is 29.1 Å². The second-order valence-electron chi connectivity index (χ2n) is 7.36. The molecule has 2 aromatic rings. The lowest BCUT2D eigenvalue weighted by Gasteiger charge is -2.19. The van der Waals surface area contributed by atoms with Gasteiger partial charge in [0.25, 0.3) is 0 Å². The van der Waals surface area contributed by atoms with Crippen molar-refractivity contribution in [3.05, 3.63) is 45.6 Å². The van der Waals surface area contributed by atoms with Gasteiger partial charge in [-0.05, 0) is 47.7 Å². The second-order valence-corrected chi connectivity index (χ2v) is 7.36. The molecule has 3 rings (SSSR count). The number of aliphatic carboxylic acids is 2. The molecule has 0 aromatic heterocycles. The van der Waals surface area contributed by atoms with E-state index in [-0.39, 0.29) is 23.1 Å². The first kappa shape index (κ1) is 27.0. The predicted octanol–water partition coefficient (Wildman–Crippen LogP) is 2.03. The molecule has 1 atom stereocenters. The fraction of sp³-hybridized carbons (Fsp3) is 0.333. The highest BCUT2D eigenvalue weighted by Gasteiger charge is 2.29. The van der Waals surface area contributed by atoms with E-state index in [9.17, 15) is 9.59 Å². The number of benzene rings is 1. The number of methoxy groups -OCH3 is 4. The van der Waals surface area contributed by atoms with Crippen LogP contribution >= 0.6 is 0 Å². The Kier molecular flexibility index (Phi) is 9.04. The third kappa shape index (κ3) is 5.99. The van der Waals surface area contributed by atoms with E-state index in [4.69, 9.17) is 38.7 Å². The molecule has 3 N–H and O–H groups in total. The minimum atomic E-state index is -1.82. The summed E-state index contributed by atoms with van der Waals surface area (Å²) in [5, 5.41) is 17.7. The highest BCUT2D eigenvalue weighted by Crippen LogP contribution is 2.50. The molecule has 35 heavy (non-hydrogen) atoms. The molecule has 0 fully saturated rings. The molecule has 0 radical (unpaired) electrons. The van der Waals surface area contributed by atoms with E-state index in [1.807, 2.05) is 12.1 Å². The molecule has 0 spiro atoms. The highest BCUT2D eigenvalue weighted by atomic mass is 16.5. The van der Waals surface area contributed by atoms with Crippen molar-refractivity contribution in [1.29, 1.82) is 0 Å². The van der Waals surface area contributed by atoms with Crippen LogP contribution < -0.4 is 29.7 Å². The van der Waals surface area contributed by atoms with Gasteiger partial charge in [-0.25, -0.2) is 9.59 Å². The van der Waals surface area contributed by atoms with Gasteiger partial charge in [0.15, 0.2) is 17.2 Å². The summed E-state index contributed by atoms with van der Waals surface area (Å²) >= 11 is 0. The number of hydrogen-bond donors (Lipinski definition) is 3. The fourth-order valence-electron chi connectivity index (χ4n) is 3.86. The Bertz CT molecular complexity index is 1180. The van der Waals surface area contributed by atoms with Gasteiger partial charge in [-0.15, -0.1) is 0 Å². The number of rotatable bonds is 5. The Morgan fingerprint density at radius 1 is 0.886 bits per heavy atom. The molecular formula is C24H27NO10. The quantitative estimate of drug-likeness (QED) is 0.531. The molecular weight excluding hydrogens is 462 g/mol. The standard InChI is InChI=1S/C22H25NO6.C2H2O4/c1-12(24)23-16-8-6-13-10-19(27-3)21(28-4)22(29-5)20(13)14-7-9-18(26-2)17(25)11-15(14)16;3-1(4)2(5)6/h7,9-11,16H,6,8H2,1-5H3,(H,23,24);(H,3,4)(H,5,6)/t16-;/m0./s1. The number of carboxylic acids is 2. The molecule has 1 aliphatic carbocycles. The summed E-state index contributed by atoms with van der Waals surface area (Å²) in [7, 11) is 6.14. The summed E-state index contributed by atoms with van der Waals surface area (Å²) in [5.74, 6) is -2.04. The molecule has 0 heterocycles. The van der Waals surface area contributed by atoms with Gasteiger partial charge in [0.05, 0.1) is 34.5 Å². The van der Waals surface area contributed by atoms with Crippen LogP contribution in [-0.4, -0.2) is 56.5 Å². The Labute approximate surface area is 201 Å². The number of carboxylic acid groups (broad SMARTS) is 2. The van der Waals surface area contributed by atoms with Gasteiger partial charge >= 0.3 is 11.9 Å². The average molecular weight is 489 g/mol. The summed E-state index contributed by atoms with van der Waals surface area (Å²) in [5.41, 5.74) is 3.01. The first-order valence-corrected chi connectivity index (χ1v) is 10.4. The first-order chi connectivity index (χ1) is 16.6. The number of amides is 1. The van der Waals surface area contributed by atoms with E-state index in [2.05, 4.69) is 5.32 Å². The molecule has 0 saturated heterocycles. The number of aryl methyl sites for hydroxylation is 1. The normalized spacial score (nSPS) is 13.5. The Hall–Kier alpha value is -4.28. The van der Waals surface area contributed by atoms with Crippen LogP contribution in [0.3, 0.4) is 0 Å². The summed E-state index contributed by atoms with van der Waals surface area (Å²) < 4.78 is 22.0. The minimum absolute atomic E-state index is 0.167. The second kappa shape index (κ2) is 11.7. The zero-order valence-corrected chi connectivity index (χ0v) is 20.0. The molecule has 0 unspecified atom stereocenters. The predicted molar refractivity (Wildman–Crippen MR) is 125 cm³/mol. The van der Waals surface area contributed by atoms with Gasteiger partial charge in [-0.1, -0.05) is 6.07 Å². The van der Waals surface area contributed by atoms with Gasteiger partial charge in [0, 0.05) is 12.5 Å². The van der Waals surface area contributed by atoms with Crippen LogP contribution in [0.4, 0.5) is 0 Å². The zero-order chi connectivity index (χ0) is 26.3. The fourth-order valence-corrected chi connectivity index (χ4v) is 3.86. The van der Waals surface area contributed by atoms with Gasteiger partial charge in [-0.2, -0.15) is 0 Å². The Morgan fingerprint density at radius 2 is 1.49 bits per heavy atom. The largest absolute Gasteiger partial charge is 0.493 e. The zero-order valence-electron chi connectivity index (χ0n) is 20.0. The van der Waals surface area contributed by atoms with Crippen LogP contribution in [-0.2, 0) is 20.8 Å². The molecule has 11 heteroatoms. The number of hydrogen-bond acceptors (Lipinski definition) is 8. The molecule has 0 bridgehead atoms. The van der Waals surface area contributed by atoms with Crippen molar-refractivity contribution in [1.82, 2.24) is 5.32 Å². The van der Waals surface area contributed by atoms with Crippen LogP contribution in [0.2, 0.25) is 0 Å². The number of carbonyl (C=O) groups excluding carboxylic acids is 1. The van der Waals surface area contributed by atoms with Crippen LogP contribution in [0.5, 0.6) is 23.0 Å². The first-order valence-electron chi connectivity index (χ1n) is 10.4. The molecule has 0 aliphatic heterocycles. The van der Waals surface area contributed by atoms with Gasteiger partial charge in [0.1, 0.15) is 0 Å². The smallest absolute Gasteiger partial charge is 0.414 e. The molecule has 1 aliphatic rings. The summed E-state index contributed by atoms with van der Waals surface area (Å²) in [6.07, 6.45) is 1.27. The summed E-state index contributed by atoms with van der Waals surface area (Å²) in [6.45, 7) is 1.46. The molecule has 0 saturated carbocycles. The Morgan fingerprint density at radius 3 is 1.97 bits per heavy atom. The van der Waals surface area contributed by atoms with Crippen LogP contribution in [0.25, 0.3) is 11.1 Å². The maximum absolute atomic E-state index is 12.6. The third-order valence-corrected chi connectivity index (χ3v) is 5.28. The topological polar surface area (TPSA) is 158 Å². The van der Waals surface area contributed by atoms with E-state index >= 15 is 0 Å². The van der Waals surface area contributed by atoms with Gasteiger partial charge in [0.2, 0.25) is 17.1 Å². The van der Waals surface area contributed by atoms with Crippen LogP contribution in [0.1, 0.15) is 30.5 Å². The number of carbonyl (C=O) groups is 3. The van der Waals surface area contributed by atoms with E-state index in [1.54, 1.807) is 27.4 Å². The lowest BCUT2D eigenvalue weighted by atomic mass is 9.95. The van der Waals surface area contributed by atoms with Crippen molar-refractivity contribution in [3.63, 3.8) is 0 Å². The minimum Gasteiger partial charge on any atom is -0.493 e. The van der Waals surface area contributed by atoms with E-state index < -0.39 is 11.9 Å². The van der Waals surface area contributed by atoms with Crippen molar-refractivity contribution in [3.8, 4) is 34.1 Å². The van der Waals surface area contributed by atoms with Gasteiger partial charge in [-0.3, -0.25) is 9.59 Å². The third-order valence-electron chi connectivity index (χ3n) is 5.28. The molecule has 1 amide bonds. The molecule has 2 aromatic carbocycles. The Balaban J connectivity index is 0.000000641. The van der Waals surface area contributed by atoms with Gasteiger partial charge < -0.3 is 34.5 Å². The lowest BCUT2D eigenvalue weighted by Crippen LogP contribution is -2.26. The van der Waals surface area contributed by atoms with Crippen molar-refractivity contribution < 1.29 is 43.5 Å². The summed E-state index contributed by atoms with van der Waals surface area (Å²) in [6, 6.07) is 6.57.